The Labute approximate surface area is 133 Å². The monoisotopic (exact) mass is 321 g/mol. The van der Waals surface area contributed by atoms with Gasteiger partial charge in [0.2, 0.25) is 5.91 Å². The van der Waals surface area contributed by atoms with Crippen LogP contribution < -0.4 is 4.90 Å². The zero-order valence-corrected chi connectivity index (χ0v) is 13.3. The van der Waals surface area contributed by atoms with Crippen molar-refractivity contribution in [3.63, 3.8) is 0 Å². The summed E-state index contributed by atoms with van der Waals surface area (Å²) in [7, 11) is 3.44. The molecule has 0 N–H and O–H groups in total. The average Bonchev–Trinajstić information content (AvgIpc) is 2.96. The molecule has 22 heavy (non-hydrogen) atoms. The van der Waals surface area contributed by atoms with Crippen LogP contribution in [0.25, 0.3) is 10.9 Å². The van der Waals surface area contributed by atoms with E-state index in [2.05, 4.69) is 4.98 Å². The van der Waals surface area contributed by atoms with Gasteiger partial charge in [-0.1, -0.05) is 11.6 Å². The lowest BCUT2D eigenvalue weighted by Crippen LogP contribution is -2.43. The number of carbonyl (C=O) groups excluding carboxylic acids is 1. The van der Waals surface area contributed by atoms with Crippen LogP contribution >= 0.6 is 11.6 Å². The number of anilines is 1. The van der Waals surface area contributed by atoms with Crippen molar-refractivity contribution in [3.8, 4) is 0 Å². The Morgan fingerprint density at radius 3 is 2.91 bits per heavy atom. The van der Waals surface area contributed by atoms with E-state index in [0.29, 0.717) is 22.6 Å². The smallest absolute Gasteiger partial charge is 0.244 e. The van der Waals surface area contributed by atoms with Gasteiger partial charge in [-0.25, -0.2) is 4.39 Å². The number of nitrogens with zero attached hydrogens (tertiary/aromatic N) is 3. The maximum atomic E-state index is 14.9. The molecule has 1 atom stereocenters. The first kappa shape index (κ1) is 15.0. The van der Waals surface area contributed by atoms with Gasteiger partial charge >= 0.3 is 0 Å². The van der Waals surface area contributed by atoms with Gasteiger partial charge < -0.3 is 9.80 Å². The van der Waals surface area contributed by atoms with Crippen molar-refractivity contribution in [2.45, 2.75) is 18.9 Å². The first-order valence-electron chi connectivity index (χ1n) is 7.21. The van der Waals surface area contributed by atoms with Gasteiger partial charge in [0.05, 0.1) is 10.7 Å². The zero-order chi connectivity index (χ0) is 15.9. The van der Waals surface area contributed by atoms with E-state index in [-0.39, 0.29) is 17.5 Å². The molecule has 1 aliphatic rings. The molecule has 1 unspecified atom stereocenters. The van der Waals surface area contributed by atoms with Gasteiger partial charge in [0.15, 0.2) is 5.82 Å². The van der Waals surface area contributed by atoms with E-state index in [1.807, 2.05) is 4.90 Å². The highest BCUT2D eigenvalue weighted by atomic mass is 35.5. The van der Waals surface area contributed by atoms with Crippen molar-refractivity contribution in [1.82, 2.24) is 9.88 Å². The lowest BCUT2D eigenvalue weighted by atomic mass is 10.1. The van der Waals surface area contributed by atoms with Crippen molar-refractivity contribution in [1.29, 1.82) is 0 Å². The summed E-state index contributed by atoms with van der Waals surface area (Å²) >= 11 is 6.08. The lowest BCUT2D eigenvalue weighted by Gasteiger charge is -2.28. The molecular formula is C16H17ClFN3O. The molecule has 116 valence electrons. The zero-order valence-electron chi connectivity index (χ0n) is 12.5. The summed E-state index contributed by atoms with van der Waals surface area (Å²) in [5, 5.41) is 1.05. The number of carbonyl (C=O) groups is 1. The second-order valence-electron chi connectivity index (χ2n) is 5.67. The van der Waals surface area contributed by atoms with E-state index in [1.165, 1.54) is 6.20 Å². The maximum absolute atomic E-state index is 14.9. The first-order chi connectivity index (χ1) is 10.5. The number of hydrogen-bond acceptors (Lipinski definition) is 3. The van der Waals surface area contributed by atoms with Crippen molar-refractivity contribution < 1.29 is 9.18 Å². The summed E-state index contributed by atoms with van der Waals surface area (Å²) in [5.41, 5.74) is 0.660. The van der Waals surface area contributed by atoms with Gasteiger partial charge in [0.1, 0.15) is 11.6 Å². The minimum Gasteiger partial charge on any atom is -0.357 e. The Morgan fingerprint density at radius 1 is 1.41 bits per heavy atom. The van der Waals surface area contributed by atoms with E-state index >= 15 is 0 Å². The van der Waals surface area contributed by atoms with E-state index in [9.17, 15) is 9.18 Å². The Hall–Kier alpha value is -1.88. The van der Waals surface area contributed by atoms with Crippen molar-refractivity contribution in [2.75, 3.05) is 25.5 Å². The minimum atomic E-state index is -0.418. The number of hydrogen-bond donors (Lipinski definition) is 0. The molecule has 1 amide bonds. The molecule has 0 bridgehead atoms. The Bertz CT molecular complexity index is 735. The average molecular weight is 322 g/mol. The first-order valence-corrected chi connectivity index (χ1v) is 7.59. The van der Waals surface area contributed by atoms with Gasteiger partial charge in [0, 0.05) is 32.2 Å². The number of aromatic nitrogens is 1. The van der Waals surface area contributed by atoms with Crippen LogP contribution in [0.5, 0.6) is 0 Å². The highest BCUT2D eigenvalue weighted by Gasteiger charge is 2.33. The summed E-state index contributed by atoms with van der Waals surface area (Å²) in [6, 6.07) is 4.77. The van der Waals surface area contributed by atoms with Crippen molar-refractivity contribution in [2.24, 2.45) is 0 Å². The van der Waals surface area contributed by atoms with Gasteiger partial charge in [-0.3, -0.25) is 9.78 Å². The Kier molecular flexibility index (Phi) is 3.91. The number of rotatable bonds is 2. The molecule has 1 aliphatic heterocycles. The Morgan fingerprint density at radius 2 is 2.18 bits per heavy atom. The second-order valence-corrected chi connectivity index (χ2v) is 6.08. The molecule has 1 saturated heterocycles. The fourth-order valence-electron chi connectivity index (χ4n) is 2.97. The highest BCUT2D eigenvalue weighted by molar-refractivity contribution is 6.35. The fourth-order valence-corrected chi connectivity index (χ4v) is 3.18. The van der Waals surface area contributed by atoms with Gasteiger partial charge in [-0.15, -0.1) is 0 Å². The van der Waals surface area contributed by atoms with Gasteiger partial charge in [0.25, 0.3) is 0 Å². The largest absolute Gasteiger partial charge is 0.357 e. The number of likely N-dealkylation sites (N-methyl/N-ethyl adjacent to an activating group) is 1. The van der Waals surface area contributed by atoms with Crippen LogP contribution in [0.3, 0.4) is 0 Å². The third-order valence-electron chi connectivity index (χ3n) is 4.07. The fraction of sp³-hybridized carbons (Fsp3) is 0.375. The number of benzene rings is 1. The SMILES string of the molecule is CN(C)C(=O)C1CCCN1c1ccc2c(Cl)ccnc2c1F. The molecule has 0 saturated carbocycles. The van der Waals surface area contributed by atoms with Crippen LogP contribution in [0, 0.1) is 5.82 Å². The van der Waals surface area contributed by atoms with E-state index in [0.717, 1.165) is 12.8 Å². The summed E-state index contributed by atoms with van der Waals surface area (Å²) in [5.74, 6) is -0.422. The van der Waals surface area contributed by atoms with Crippen LogP contribution in [0.15, 0.2) is 24.4 Å². The summed E-state index contributed by atoms with van der Waals surface area (Å²) in [6.45, 7) is 0.660. The molecule has 0 aliphatic carbocycles. The van der Waals surface area contributed by atoms with Gasteiger partial charge in [-0.2, -0.15) is 0 Å². The van der Waals surface area contributed by atoms with E-state index in [1.54, 1.807) is 37.2 Å². The predicted octanol–water partition coefficient (Wildman–Crippen LogP) is 3.08. The second kappa shape index (κ2) is 5.72. The molecule has 4 nitrogen and oxygen atoms in total. The molecule has 1 fully saturated rings. The number of halogens is 2. The van der Waals surface area contributed by atoms with Crippen LogP contribution in [0.1, 0.15) is 12.8 Å². The molecule has 1 aromatic carbocycles. The normalized spacial score (nSPS) is 18.0. The molecule has 1 aromatic heterocycles. The number of fused-ring (bicyclic) bond motifs is 1. The highest BCUT2D eigenvalue weighted by Crippen LogP contribution is 2.33. The topological polar surface area (TPSA) is 36.4 Å². The minimum absolute atomic E-state index is 0.00366. The molecule has 2 aromatic rings. The third kappa shape index (κ3) is 2.39. The summed E-state index contributed by atoms with van der Waals surface area (Å²) in [6.07, 6.45) is 3.09. The van der Waals surface area contributed by atoms with Crippen molar-refractivity contribution in [3.05, 3.63) is 35.2 Å². The Balaban J connectivity index is 2.06. The van der Waals surface area contributed by atoms with Crippen molar-refractivity contribution >= 4 is 34.1 Å². The third-order valence-corrected chi connectivity index (χ3v) is 4.40. The standard InChI is InChI=1S/C16H17ClFN3O/c1-20(2)16(22)13-4-3-9-21(13)12-6-5-10-11(17)7-8-19-15(10)14(12)18/h5-8,13H,3-4,9H2,1-2H3. The van der Waals surface area contributed by atoms with Crippen LogP contribution in [0.2, 0.25) is 5.02 Å². The number of pyridine rings is 1. The predicted molar refractivity (Wildman–Crippen MR) is 85.8 cm³/mol. The number of amides is 1. The maximum Gasteiger partial charge on any atom is 0.244 e. The molecule has 6 heteroatoms. The van der Waals surface area contributed by atoms with E-state index < -0.39 is 5.82 Å². The molecule has 2 heterocycles. The van der Waals surface area contributed by atoms with Crippen LogP contribution in [-0.2, 0) is 4.79 Å². The van der Waals surface area contributed by atoms with Crippen LogP contribution in [-0.4, -0.2) is 42.5 Å². The molecule has 0 radical (unpaired) electrons. The summed E-state index contributed by atoms with van der Waals surface area (Å²) in [4.78, 5) is 19.8. The molecular weight excluding hydrogens is 305 g/mol. The van der Waals surface area contributed by atoms with Gasteiger partial charge in [-0.05, 0) is 31.0 Å². The lowest BCUT2D eigenvalue weighted by molar-refractivity contribution is -0.129. The molecule has 3 rings (SSSR count). The van der Waals surface area contributed by atoms with Crippen LogP contribution in [0.4, 0.5) is 10.1 Å². The quantitative estimate of drug-likeness (QED) is 0.853. The summed E-state index contributed by atoms with van der Waals surface area (Å²) < 4.78 is 14.9. The molecule has 0 spiro atoms. The van der Waals surface area contributed by atoms with E-state index in [4.69, 9.17) is 11.6 Å².